The van der Waals surface area contributed by atoms with Crippen LogP contribution in [0.1, 0.15) is 68.1 Å². The molecule has 42 heavy (non-hydrogen) atoms. The van der Waals surface area contributed by atoms with Crippen molar-refractivity contribution in [3.63, 3.8) is 0 Å². The molecule has 1 aromatic heterocycles. The third-order valence-electron chi connectivity index (χ3n) is 6.58. The monoisotopic (exact) mass is 614 g/mol. The number of carbonyl (C=O) groups excluding carboxylic acids is 2. The van der Waals surface area contributed by atoms with Crippen molar-refractivity contribution < 1.29 is 37.4 Å². The number of pyridine rings is 1. The largest absolute Gasteiger partial charge is 0.492 e. The molecule has 0 spiro atoms. The first-order chi connectivity index (χ1) is 20.0. The zero-order valence-corrected chi connectivity index (χ0v) is 24.1. The second kappa shape index (κ2) is 18.1. The number of hydrogen-bond donors (Lipinski definition) is 3. The molecule has 0 radical (unpaired) electrons. The van der Waals surface area contributed by atoms with Crippen molar-refractivity contribution in [2.45, 2.75) is 64.0 Å². The van der Waals surface area contributed by atoms with Gasteiger partial charge in [-0.1, -0.05) is 37.3 Å². The van der Waals surface area contributed by atoms with Gasteiger partial charge in [0.05, 0.1) is 0 Å². The van der Waals surface area contributed by atoms with Gasteiger partial charge in [-0.2, -0.15) is 13.2 Å². The molecule has 1 aliphatic carbocycles. The highest BCUT2D eigenvalue weighted by molar-refractivity contribution is 6.31. The summed E-state index contributed by atoms with van der Waals surface area (Å²) in [5.41, 5.74) is 6.77. The number of carbonyl (C=O) groups is 3. The molecule has 0 saturated heterocycles. The lowest BCUT2D eigenvalue weighted by molar-refractivity contribution is -0.192. The number of ether oxygens (including phenoxy) is 1. The van der Waals surface area contributed by atoms with Gasteiger partial charge < -0.3 is 25.8 Å². The number of aromatic nitrogens is 1. The number of carboxylic acids is 1. The maximum Gasteiger partial charge on any atom is 0.490 e. The smallest absolute Gasteiger partial charge is 0.490 e. The van der Waals surface area contributed by atoms with E-state index in [1.54, 1.807) is 30.6 Å². The van der Waals surface area contributed by atoms with Crippen LogP contribution in [0.4, 0.5) is 18.9 Å². The SMILES string of the molecule is NC(=O)CCCCCN(CC1CCCCC1)C(=O)c1cc(Cl)cc(OCCNc2ccncc2)c1.O=C(O)C(F)(F)F. The molecule has 0 bridgehead atoms. The fourth-order valence-corrected chi connectivity index (χ4v) is 4.75. The van der Waals surface area contributed by atoms with Crippen LogP contribution in [0.3, 0.4) is 0 Å². The number of aliphatic carboxylic acids is 1. The average molecular weight is 615 g/mol. The van der Waals surface area contributed by atoms with Crippen LogP contribution in [-0.2, 0) is 9.59 Å². The third kappa shape index (κ3) is 13.9. The highest BCUT2D eigenvalue weighted by Gasteiger charge is 2.38. The van der Waals surface area contributed by atoms with Crippen molar-refractivity contribution in [1.29, 1.82) is 0 Å². The van der Waals surface area contributed by atoms with Gasteiger partial charge in [0.15, 0.2) is 0 Å². The summed E-state index contributed by atoms with van der Waals surface area (Å²) in [6, 6.07) is 9.02. The Morgan fingerprint density at radius 2 is 1.74 bits per heavy atom. The molecule has 1 aromatic carbocycles. The Morgan fingerprint density at radius 1 is 1.07 bits per heavy atom. The number of nitrogens with two attached hydrogens (primary N) is 1. The highest BCUT2D eigenvalue weighted by atomic mass is 35.5. The maximum absolute atomic E-state index is 13.5. The first-order valence-corrected chi connectivity index (χ1v) is 14.3. The van der Waals surface area contributed by atoms with Gasteiger partial charge in [0.25, 0.3) is 5.91 Å². The van der Waals surface area contributed by atoms with Crippen molar-refractivity contribution >= 4 is 35.1 Å². The first-order valence-electron chi connectivity index (χ1n) is 13.9. The number of benzene rings is 1. The van der Waals surface area contributed by atoms with E-state index >= 15 is 0 Å². The fraction of sp³-hybridized carbons (Fsp3) is 0.517. The van der Waals surface area contributed by atoms with Gasteiger partial charge in [-0.3, -0.25) is 14.6 Å². The molecule has 3 rings (SSSR count). The number of primary amides is 1. The molecule has 0 atom stereocenters. The van der Waals surface area contributed by atoms with E-state index in [1.807, 2.05) is 17.0 Å². The molecule has 1 aliphatic rings. The second-order valence-corrected chi connectivity index (χ2v) is 10.5. The van der Waals surface area contributed by atoms with E-state index in [9.17, 15) is 22.8 Å². The first kappa shape index (κ1) is 34.7. The number of halogens is 4. The van der Waals surface area contributed by atoms with E-state index in [1.165, 1.54) is 32.1 Å². The van der Waals surface area contributed by atoms with Gasteiger partial charge in [0, 0.05) is 54.7 Å². The van der Waals surface area contributed by atoms with E-state index in [0.717, 1.165) is 31.5 Å². The molecule has 1 saturated carbocycles. The van der Waals surface area contributed by atoms with Crippen molar-refractivity contribution in [2.24, 2.45) is 11.7 Å². The van der Waals surface area contributed by atoms with Gasteiger partial charge >= 0.3 is 12.1 Å². The van der Waals surface area contributed by atoms with Crippen LogP contribution in [0.5, 0.6) is 5.75 Å². The van der Waals surface area contributed by atoms with Crippen LogP contribution in [-0.4, -0.2) is 65.2 Å². The van der Waals surface area contributed by atoms with Crippen LogP contribution in [0.25, 0.3) is 0 Å². The van der Waals surface area contributed by atoms with Crippen molar-refractivity contribution in [3.8, 4) is 5.75 Å². The van der Waals surface area contributed by atoms with Gasteiger partial charge in [-0.05, 0) is 61.9 Å². The summed E-state index contributed by atoms with van der Waals surface area (Å²) in [5, 5.41) is 10.9. The molecular weight excluding hydrogens is 577 g/mol. The third-order valence-corrected chi connectivity index (χ3v) is 6.80. The summed E-state index contributed by atoms with van der Waals surface area (Å²) in [7, 11) is 0. The van der Waals surface area contributed by atoms with Gasteiger partial charge in [0.2, 0.25) is 5.91 Å². The van der Waals surface area contributed by atoms with E-state index in [0.29, 0.717) is 48.4 Å². The van der Waals surface area contributed by atoms with Crippen LogP contribution in [0.15, 0.2) is 42.7 Å². The van der Waals surface area contributed by atoms with Crippen LogP contribution < -0.4 is 15.8 Å². The molecule has 0 aliphatic heterocycles. The predicted octanol–water partition coefficient (Wildman–Crippen LogP) is 5.93. The molecule has 9 nitrogen and oxygen atoms in total. The fourth-order valence-electron chi connectivity index (χ4n) is 4.52. The average Bonchev–Trinajstić information content (AvgIpc) is 2.94. The molecule has 0 unspecified atom stereocenters. The molecule has 2 amide bonds. The lowest BCUT2D eigenvalue weighted by atomic mass is 9.88. The molecule has 4 N–H and O–H groups in total. The Morgan fingerprint density at radius 3 is 2.36 bits per heavy atom. The van der Waals surface area contributed by atoms with Crippen molar-refractivity contribution in [2.75, 3.05) is 31.6 Å². The Balaban J connectivity index is 0.000000782. The van der Waals surface area contributed by atoms with E-state index in [4.69, 9.17) is 32.0 Å². The Hall–Kier alpha value is -3.54. The summed E-state index contributed by atoms with van der Waals surface area (Å²) in [6.45, 7) is 2.46. The van der Waals surface area contributed by atoms with E-state index in [2.05, 4.69) is 10.3 Å². The molecule has 1 fully saturated rings. The van der Waals surface area contributed by atoms with Gasteiger partial charge in [-0.15, -0.1) is 0 Å². The number of rotatable bonds is 14. The van der Waals surface area contributed by atoms with Crippen LogP contribution >= 0.6 is 11.6 Å². The molecule has 2 aromatic rings. The van der Waals surface area contributed by atoms with Crippen molar-refractivity contribution in [1.82, 2.24) is 9.88 Å². The summed E-state index contributed by atoms with van der Waals surface area (Å²) in [5.74, 6) is -1.94. The summed E-state index contributed by atoms with van der Waals surface area (Å²) >= 11 is 6.36. The van der Waals surface area contributed by atoms with Gasteiger partial charge in [0.1, 0.15) is 12.4 Å². The lowest BCUT2D eigenvalue weighted by Gasteiger charge is -2.30. The van der Waals surface area contributed by atoms with Crippen LogP contribution in [0.2, 0.25) is 5.02 Å². The number of alkyl halides is 3. The number of unbranched alkanes of at least 4 members (excludes halogenated alkanes) is 2. The summed E-state index contributed by atoms with van der Waals surface area (Å²) in [6.07, 6.45) is 7.31. The Kier molecular flexibility index (Phi) is 14.9. The Labute approximate surface area is 248 Å². The zero-order valence-electron chi connectivity index (χ0n) is 23.4. The molecule has 1 heterocycles. The van der Waals surface area contributed by atoms with Crippen LogP contribution in [0, 0.1) is 5.92 Å². The number of anilines is 1. The van der Waals surface area contributed by atoms with E-state index < -0.39 is 12.1 Å². The maximum atomic E-state index is 13.5. The van der Waals surface area contributed by atoms with Gasteiger partial charge in [-0.25, -0.2) is 4.79 Å². The number of carboxylic acid groups (broad SMARTS) is 1. The highest BCUT2D eigenvalue weighted by Crippen LogP contribution is 2.27. The summed E-state index contributed by atoms with van der Waals surface area (Å²) < 4.78 is 37.6. The van der Waals surface area contributed by atoms with Crippen molar-refractivity contribution in [3.05, 3.63) is 53.3 Å². The minimum Gasteiger partial charge on any atom is -0.492 e. The molecule has 13 heteroatoms. The normalized spacial score (nSPS) is 13.4. The molecule has 232 valence electrons. The van der Waals surface area contributed by atoms with E-state index in [-0.39, 0.29) is 11.8 Å². The lowest BCUT2D eigenvalue weighted by Crippen LogP contribution is -2.37. The minimum absolute atomic E-state index is 0.0206. The number of hydrogen-bond acceptors (Lipinski definition) is 6. The minimum atomic E-state index is -5.08. The number of nitrogens with zero attached hydrogens (tertiary/aromatic N) is 2. The quantitative estimate of drug-likeness (QED) is 0.225. The predicted molar refractivity (Wildman–Crippen MR) is 154 cm³/mol. The second-order valence-electron chi connectivity index (χ2n) is 10.0. The standard InChI is InChI=1S/C27H37ClN4O3.C2HF3O2/c28-23-17-22(18-25(19-23)35-16-14-31-24-10-12-30-13-11-24)27(34)32(15-6-2-5-9-26(29)33)20-21-7-3-1-4-8-21;3-2(4,5)1(6)7/h10-13,17-19,21H,1-9,14-16,20H2,(H2,29,33)(H,30,31);(H,6,7). The topological polar surface area (TPSA) is 135 Å². The zero-order chi connectivity index (χ0) is 31.0. The number of amides is 2. The summed E-state index contributed by atoms with van der Waals surface area (Å²) in [4.78, 5) is 39.4. The Bertz CT molecular complexity index is 1130. The molecular formula is C29H38ClF3N4O5. The number of nitrogens with one attached hydrogen (secondary N) is 1.